The van der Waals surface area contributed by atoms with Crippen LogP contribution >= 0.6 is 0 Å². The number of amides is 1. The van der Waals surface area contributed by atoms with Crippen molar-refractivity contribution >= 4 is 5.91 Å². The molecule has 0 radical (unpaired) electrons. The number of carbonyl (C=O) groups excluding carboxylic acids is 1. The second kappa shape index (κ2) is 7.04. The lowest BCUT2D eigenvalue weighted by atomic mass is 10.1. The van der Waals surface area contributed by atoms with Crippen molar-refractivity contribution in [3.8, 4) is 0 Å². The molecule has 2 fully saturated rings. The van der Waals surface area contributed by atoms with Crippen LogP contribution in [-0.2, 0) is 11.3 Å². The number of furan rings is 1. The van der Waals surface area contributed by atoms with Crippen LogP contribution < -0.4 is 0 Å². The Bertz CT molecular complexity index is 698. The van der Waals surface area contributed by atoms with Crippen LogP contribution in [0.2, 0.25) is 0 Å². The first-order valence-electron chi connectivity index (χ1n) is 9.25. The molecule has 1 aromatic carbocycles. The van der Waals surface area contributed by atoms with Gasteiger partial charge < -0.3 is 9.32 Å². The summed E-state index contributed by atoms with van der Waals surface area (Å²) in [5.41, 5.74) is 1.37. The quantitative estimate of drug-likeness (QED) is 0.810. The van der Waals surface area contributed by atoms with E-state index in [1.54, 1.807) is 6.26 Å². The van der Waals surface area contributed by atoms with E-state index < -0.39 is 0 Å². The molecule has 3 atom stereocenters. The summed E-state index contributed by atoms with van der Waals surface area (Å²) in [5.74, 6) is 2.24. The monoisotopic (exact) mass is 338 g/mol. The topological polar surface area (TPSA) is 36.7 Å². The van der Waals surface area contributed by atoms with E-state index in [0.29, 0.717) is 11.8 Å². The third-order valence-electron chi connectivity index (χ3n) is 5.54. The number of carbonyl (C=O) groups is 1. The van der Waals surface area contributed by atoms with E-state index in [2.05, 4.69) is 35.2 Å². The SMILES string of the molecule is CN(C[C@@H]1CCN(Cc2ccccc2)C1)C(=O)[C@@H]1C[C@H]1c1ccco1. The molecule has 0 spiro atoms. The lowest BCUT2D eigenvalue weighted by Crippen LogP contribution is -2.34. The van der Waals surface area contributed by atoms with Gasteiger partial charge in [-0.15, -0.1) is 0 Å². The Balaban J connectivity index is 1.25. The van der Waals surface area contributed by atoms with E-state index >= 15 is 0 Å². The van der Waals surface area contributed by atoms with Crippen molar-refractivity contribution in [3.05, 3.63) is 60.1 Å². The third kappa shape index (κ3) is 3.79. The molecule has 4 nitrogen and oxygen atoms in total. The molecule has 4 heteroatoms. The molecule has 1 aromatic heterocycles. The lowest BCUT2D eigenvalue weighted by molar-refractivity contribution is -0.131. The molecule has 1 saturated heterocycles. The van der Waals surface area contributed by atoms with E-state index in [-0.39, 0.29) is 11.8 Å². The van der Waals surface area contributed by atoms with Crippen LogP contribution in [0.1, 0.15) is 30.1 Å². The predicted molar refractivity (Wildman–Crippen MR) is 97.0 cm³/mol. The molecule has 1 aliphatic carbocycles. The first-order valence-corrected chi connectivity index (χ1v) is 9.25. The predicted octanol–water partition coefficient (Wildman–Crippen LogP) is 3.36. The summed E-state index contributed by atoms with van der Waals surface area (Å²) in [6.45, 7) is 4.09. The molecule has 132 valence electrons. The zero-order valence-corrected chi connectivity index (χ0v) is 14.8. The van der Waals surface area contributed by atoms with Crippen LogP contribution in [0.5, 0.6) is 0 Å². The summed E-state index contributed by atoms with van der Waals surface area (Å²) in [7, 11) is 1.96. The van der Waals surface area contributed by atoms with Gasteiger partial charge in [-0.2, -0.15) is 0 Å². The summed E-state index contributed by atoms with van der Waals surface area (Å²) in [6, 6.07) is 14.5. The molecule has 2 aliphatic rings. The minimum Gasteiger partial charge on any atom is -0.469 e. The van der Waals surface area contributed by atoms with Gasteiger partial charge >= 0.3 is 0 Å². The Morgan fingerprint density at radius 2 is 2.08 bits per heavy atom. The van der Waals surface area contributed by atoms with Crippen LogP contribution in [-0.4, -0.2) is 42.4 Å². The highest BCUT2D eigenvalue weighted by Crippen LogP contribution is 2.48. The summed E-state index contributed by atoms with van der Waals surface area (Å²) in [6.07, 6.45) is 3.80. The summed E-state index contributed by atoms with van der Waals surface area (Å²) >= 11 is 0. The van der Waals surface area contributed by atoms with Crippen LogP contribution in [0, 0.1) is 11.8 Å². The van der Waals surface area contributed by atoms with Crippen LogP contribution in [0.25, 0.3) is 0 Å². The molecule has 1 aliphatic heterocycles. The molecule has 0 bridgehead atoms. The Morgan fingerprint density at radius 1 is 1.24 bits per heavy atom. The molecular weight excluding hydrogens is 312 g/mol. The fraction of sp³-hybridized carbons (Fsp3) is 0.476. The maximum absolute atomic E-state index is 12.6. The molecule has 1 amide bonds. The van der Waals surface area contributed by atoms with E-state index in [4.69, 9.17) is 4.42 Å². The molecule has 2 heterocycles. The van der Waals surface area contributed by atoms with Gasteiger partial charge in [0, 0.05) is 38.5 Å². The second-order valence-corrected chi connectivity index (χ2v) is 7.56. The fourth-order valence-electron chi connectivity index (χ4n) is 4.09. The maximum Gasteiger partial charge on any atom is 0.226 e. The number of hydrogen-bond acceptors (Lipinski definition) is 3. The number of benzene rings is 1. The standard InChI is InChI=1S/C21H26N2O2/c1-22(21(24)19-12-18(19)20-8-5-11-25-20)13-17-9-10-23(15-17)14-16-6-3-2-4-7-16/h2-8,11,17-19H,9-10,12-15H2,1H3/t17-,18+,19+/m0/s1. The zero-order valence-electron chi connectivity index (χ0n) is 14.8. The fourth-order valence-corrected chi connectivity index (χ4v) is 4.09. The Hall–Kier alpha value is -2.07. The van der Waals surface area contributed by atoms with Crippen molar-refractivity contribution < 1.29 is 9.21 Å². The first kappa shape index (κ1) is 16.4. The Morgan fingerprint density at radius 3 is 2.84 bits per heavy atom. The van der Waals surface area contributed by atoms with Gasteiger partial charge in [-0.1, -0.05) is 30.3 Å². The van der Waals surface area contributed by atoms with Gasteiger partial charge in [0.15, 0.2) is 0 Å². The van der Waals surface area contributed by atoms with Crippen molar-refractivity contribution in [2.45, 2.75) is 25.3 Å². The molecule has 4 rings (SSSR count). The summed E-state index contributed by atoms with van der Waals surface area (Å²) < 4.78 is 5.44. The molecule has 0 unspecified atom stereocenters. The van der Waals surface area contributed by atoms with Crippen molar-refractivity contribution in [2.24, 2.45) is 11.8 Å². The average Bonchev–Trinajstić information content (AvgIpc) is 3.02. The van der Waals surface area contributed by atoms with Gasteiger partial charge in [-0.05, 0) is 43.0 Å². The first-order chi connectivity index (χ1) is 12.2. The highest BCUT2D eigenvalue weighted by atomic mass is 16.3. The summed E-state index contributed by atoms with van der Waals surface area (Å²) in [4.78, 5) is 17.1. The smallest absolute Gasteiger partial charge is 0.226 e. The number of rotatable bonds is 6. The number of hydrogen-bond donors (Lipinski definition) is 0. The molecule has 0 N–H and O–H groups in total. The van der Waals surface area contributed by atoms with Crippen molar-refractivity contribution in [3.63, 3.8) is 0 Å². The zero-order chi connectivity index (χ0) is 17.2. The maximum atomic E-state index is 12.6. The largest absolute Gasteiger partial charge is 0.469 e. The van der Waals surface area contributed by atoms with E-state index in [9.17, 15) is 4.79 Å². The minimum atomic E-state index is 0.123. The van der Waals surface area contributed by atoms with Crippen molar-refractivity contribution in [2.75, 3.05) is 26.7 Å². The number of likely N-dealkylation sites (tertiary alicyclic amines) is 1. The normalized spacial score (nSPS) is 25.9. The van der Waals surface area contributed by atoms with Gasteiger partial charge in [-0.3, -0.25) is 9.69 Å². The highest BCUT2D eigenvalue weighted by molar-refractivity contribution is 5.82. The van der Waals surface area contributed by atoms with Crippen LogP contribution in [0.4, 0.5) is 0 Å². The van der Waals surface area contributed by atoms with Gasteiger partial charge in [0.1, 0.15) is 5.76 Å². The molecule has 2 aromatic rings. The average molecular weight is 338 g/mol. The lowest BCUT2D eigenvalue weighted by Gasteiger charge is -2.22. The van der Waals surface area contributed by atoms with Crippen molar-refractivity contribution in [1.29, 1.82) is 0 Å². The van der Waals surface area contributed by atoms with E-state index in [1.807, 2.05) is 24.1 Å². The van der Waals surface area contributed by atoms with Gasteiger partial charge in [0.2, 0.25) is 5.91 Å². The van der Waals surface area contributed by atoms with Gasteiger partial charge in [-0.25, -0.2) is 0 Å². The molecule has 1 saturated carbocycles. The third-order valence-corrected chi connectivity index (χ3v) is 5.54. The van der Waals surface area contributed by atoms with Crippen LogP contribution in [0.15, 0.2) is 53.1 Å². The van der Waals surface area contributed by atoms with E-state index in [0.717, 1.165) is 38.4 Å². The molecular formula is C21H26N2O2. The Kier molecular flexibility index (Phi) is 4.62. The van der Waals surface area contributed by atoms with Crippen LogP contribution in [0.3, 0.4) is 0 Å². The second-order valence-electron chi connectivity index (χ2n) is 7.56. The minimum absolute atomic E-state index is 0.123. The van der Waals surface area contributed by atoms with E-state index in [1.165, 1.54) is 12.0 Å². The highest BCUT2D eigenvalue weighted by Gasteiger charge is 2.47. The Labute approximate surface area is 149 Å². The van der Waals surface area contributed by atoms with Gasteiger partial charge in [0.05, 0.1) is 6.26 Å². The van der Waals surface area contributed by atoms with Crippen molar-refractivity contribution in [1.82, 2.24) is 9.80 Å². The number of nitrogens with zero attached hydrogens (tertiary/aromatic N) is 2. The molecule has 25 heavy (non-hydrogen) atoms. The summed E-state index contributed by atoms with van der Waals surface area (Å²) in [5, 5.41) is 0. The van der Waals surface area contributed by atoms with Gasteiger partial charge in [0.25, 0.3) is 0 Å².